The molecule has 0 saturated heterocycles. The van der Waals surface area contributed by atoms with Crippen LogP contribution in [0.2, 0.25) is 0 Å². The number of ether oxygens (including phenoxy) is 1. The molecule has 4 nitrogen and oxygen atoms in total. The van der Waals surface area contributed by atoms with Gasteiger partial charge in [0.05, 0.1) is 7.11 Å². The van der Waals surface area contributed by atoms with E-state index >= 15 is 0 Å². The van der Waals surface area contributed by atoms with E-state index < -0.39 is 0 Å². The maximum Gasteiger partial charge on any atom is 0.192 e. The number of aromatic nitrogens is 3. The Kier molecular flexibility index (Phi) is 4.84. The van der Waals surface area contributed by atoms with Crippen molar-refractivity contribution in [2.45, 2.75) is 30.8 Å². The summed E-state index contributed by atoms with van der Waals surface area (Å²) >= 11 is 1.71. The van der Waals surface area contributed by atoms with Gasteiger partial charge in [-0.2, -0.15) is 0 Å². The van der Waals surface area contributed by atoms with E-state index in [1.807, 2.05) is 30.3 Å². The van der Waals surface area contributed by atoms with Crippen LogP contribution in [-0.4, -0.2) is 27.1 Å². The highest BCUT2D eigenvalue weighted by Gasteiger charge is 2.14. The van der Waals surface area contributed by atoms with Gasteiger partial charge in [-0.15, -0.1) is 16.8 Å². The van der Waals surface area contributed by atoms with Crippen molar-refractivity contribution in [3.05, 3.63) is 36.9 Å². The van der Waals surface area contributed by atoms with Gasteiger partial charge in [0, 0.05) is 17.4 Å². The molecule has 20 heavy (non-hydrogen) atoms. The fraction of sp³-hybridized carbons (Fsp3) is 0.333. The number of methoxy groups -OCH3 is 1. The van der Waals surface area contributed by atoms with Gasteiger partial charge in [-0.1, -0.05) is 31.7 Å². The molecule has 2 aromatic rings. The quantitative estimate of drug-likeness (QED) is 0.601. The summed E-state index contributed by atoms with van der Waals surface area (Å²) in [7, 11) is 1.66. The summed E-state index contributed by atoms with van der Waals surface area (Å²) in [6, 6.07) is 7.84. The lowest BCUT2D eigenvalue weighted by atomic mass is 10.2. The third-order valence-electron chi connectivity index (χ3n) is 2.72. The van der Waals surface area contributed by atoms with Gasteiger partial charge >= 0.3 is 0 Å². The number of hydrogen-bond acceptors (Lipinski definition) is 4. The Morgan fingerprint density at radius 1 is 1.30 bits per heavy atom. The number of rotatable bonds is 6. The van der Waals surface area contributed by atoms with E-state index in [4.69, 9.17) is 4.74 Å². The zero-order valence-electron chi connectivity index (χ0n) is 12.0. The van der Waals surface area contributed by atoms with Crippen LogP contribution in [0.4, 0.5) is 0 Å². The van der Waals surface area contributed by atoms with E-state index in [2.05, 4.69) is 35.2 Å². The molecule has 0 atom stereocenters. The molecule has 0 bridgehead atoms. The number of hydrogen-bond donors (Lipinski definition) is 0. The van der Waals surface area contributed by atoms with E-state index in [9.17, 15) is 0 Å². The van der Waals surface area contributed by atoms with Gasteiger partial charge in [0.1, 0.15) is 5.75 Å². The molecule has 1 heterocycles. The topological polar surface area (TPSA) is 39.9 Å². The molecule has 0 aliphatic carbocycles. The lowest BCUT2D eigenvalue weighted by Gasteiger charge is -2.09. The van der Waals surface area contributed by atoms with Crippen LogP contribution >= 0.6 is 11.8 Å². The molecule has 0 aliphatic heterocycles. The SMILES string of the molecule is C=CCn1c(SC(C)C)nnc1-c1ccc(OC)cc1. The number of benzene rings is 1. The van der Waals surface area contributed by atoms with Crippen LogP contribution in [0.3, 0.4) is 0 Å². The van der Waals surface area contributed by atoms with Gasteiger partial charge in [0.15, 0.2) is 11.0 Å². The lowest BCUT2D eigenvalue weighted by Crippen LogP contribution is -2.02. The van der Waals surface area contributed by atoms with Gasteiger partial charge in [-0.05, 0) is 24.3 Å². The Morgan fingerprint density at radius 3 is 2.55 bits per heavy atom. The molecule has 5 heteroatoms. The highest BCUT2D eigenvalue weighted by atomic mass is 32.2. The van der Waals surface area contributed by atoms with Gasteiger partial charge in [0.2, 0.25) is 0 Å². The minimum Gasteiger partial charge on any atom is -0.497 e. The zero-order valence-corrected chi connectivity index (χ0v) is 12.9. The van der Waals surface area contributed by atoms with Crippen LogP contribution in [-0.2, 0) is 6.54 Å². The Hall–Kier alpha value is -1.75. The molecule has 106 valence electrons. The van der Waals surface area contributed by atoms with Crippen molar-refractivity contribution in [1.82, 2.24) is 14.8 Å². The molecule has 0 amide bonds. The molecule has 0 fully saturated rings. The highest BCUT2D eigenvalue weighted by molar-refractivity contribution is 7.99. The Balaban J connectivity index is 2.38. The van der Waals surface area contributed by atoms with Crippen molar-refractivity contribution in [3.8, 4) is 17.1 Å². The average molecular weight is 289 g/mol. The van der Waals surface area contributed by atoms with Crippen molar-refractivity contribution >= 4 is 11.8 Å². The fourth-order valence-corrected chi connectivity index (χ4v) is 2.63. The van der Waals surface area contributed by atoms with Crippen molar-refractivity contribution in [2.75, 3.05) is 7.11 Å². The summed E-state index contributed by atoms with van der Waals surface area (Å²) in [6.45, 7) is 8.80. The van der Waals surface area contributed by atoms with E-state index in [1.165, 1.54) is 0 Å². The van der Waals surface area contributed by atoms with Crippen molar-refractivity contribution in [2.24, 2.45) is 0 Å². The van der Waals surface area contributed by atoms with Crippen LogP contribution in [0.1, 0.15) is 13.8 Å². The molecule has 1 aromatic carbocycles. The van der Waals surface area contributed by atoms with Gasteiger partial charge < -0.3 is 4.74 Å². The van der Waals surface area contributed by atoms with Crippen LogP contribution in [0.25, 0.3) is 11.4 Å². The standard InChI is InChI=1S/C15H19N3OS/c1-5-10-18-14(16-17-15(18)20-11(2)3)12-6-8-13(19-4)9-7-12/h5-9,11H,1,10H2,2-4H3. The van der Waals surface area contributed by atoms with Crippen LogP contribution in [0.15, 0.2) is 42.1 Å². The first-order valence-electron chi connectivity index (χ1n) is 6.51. The van der Waals surface area contributed by atoms with Crippen molar-refractivity contribution in [1.29, 1.82) is 0 Å². The van der Waals surface area contributed by atoms with Gasteiger partial charge in [-0.3, -0.25) is 4.57 Å². The first-order chi connectivity index (χ1) is 9.65. The molecule has 1 aromatic heterocycles. The largest absolute Gasteiger partial charge is 0.497 e. The normalized spacial score (nSPS) is 10.8. The summed E-state index contributed by atoms with van der Waals surface area (Å²) in [4.78, 5) is 0. The van der Waals surface area contributed by atoms with Gasteiger partial charge in [0.25, 0.3) is 0 Å². The summed E-state index contributed by atoms with van der Waals surface area (Å²) in [5.41, 5.74) is 1.02. The number of nitrogens with zero attached hydrogens (tertiary/aromatic N) is 3. The Morgan fingerprint density at radius 2 is 2.00 bits per heavy atom. The molecular formula is C15H19N3OS. The summed E-state index contributed by atoms with van der Waals surface area (Å²) in [5, 5.41) is 9.99. The highest BCUT2D eigenvalue weighted by Crippen LogP contribution is 2.27. The molecule has 2 rings (SSSR count). The van der Waals surface area contributed by atoms with Crippen molar-refractivity contribution < 1.29 is 4.74 Å². The first kappa shape index (κ1) is 14.7. The maximum absolute atomic E-state index is 5.18. The third kappa shape index (κ3) is 3.22. The summed E-state index contributed by atoms with van der Waals surface area (Å²) < 4.78 is 7.26. The zero-order chi connectivity index (χ0) is 14.5. The molecule has 0 unspecified atom stereocenters. The lowest BCUT2D eigenvalue weighted by molar-refractivity contribution is 0.415. The second-order valence-electron chi connectivity index (χ2n) is 4.60. The fourth-order valence-electron chi connectivity index (χ4n) is 1.83. The number of thioether (sulfide) groups is 1. The number of allylic oxidation sites excluding steroid dienone is 1. The Bertz CT molecular complexity index is 575. The third-order valence-corrected chi connectivity index (χ3v) is 3.70. The monoisotopic (exact) mass is 289 g/mol. The molecule has 0 N–H and O–H groups in total. The predicted molar refractivity (Wildman–Crippen MR) is 83.2 cm³/mol. The van der Waals surface area contributed by atoms with Crippen molar-refractivity contribution in [3.63, 3.8) is 0 Å². The van der Waals surface area contributed by atoms with E-state index in [-0.39, 0.29) is 0 Å². The van der Waals surface area contributed by atoms with E-state index in [0.717, 1.165) is 22.3 Å². The maximum atomic E-state index is 5.18. The Labute approximate surface area is 123 Å². The molecule has 0 radical (unpaired) electrons. The van der Waals surface area contributed by atoms with Gasteiger partial charge in [-0.25, -0.2) is 0 Å². The van der Waals surface area contributed by atoms with E-state index in [0.29, 0.717) is 11.8 Å². The minimum absolute atomic E-state index is 0.464. The summed E-state index contributed by atoms with van der Waals surface area (Å²) in [6.07, 6.45) is 1.86. The molecule has 0 saturated carbocycles. The second-order valence-corrected chi connectivity index (χ2v) is 6.14. The van der Waals surface area contributed by atoms with Crippen LogP contribution < -0.4 is 4.74 Å². The predicted octanol–water partition coefficient (Wildman–Crippen LogP) is 3.64. The minimum atomic E-state index is 0.464. The molecule has 0 spiro atoms. The van der Waals surface area contributed by atoms with E-state index in [1.54, 1.807) is 18.9 Å². The first-order valence-corrected chi connectivity index (χ1v) is 7.39. The molecular weight excluding hydrogens is 270 g/mol. The van der Waals surface area contributed by atoms with Crippen LogP contribution in [0.5, 0.6) is 5.75 Å². The summed E-state index contributed by atoms with van der Waals surface area (Å²) in [5.74, 6) is 1.69. The van der Waals surface area contributed by atoms with Crippen LogP contribution in [0, 0.1) is 0 Å². The second kappa shape index (κ2) is 6.61. The average Bonchev–Trinajstić information content (AvgIpc) is 2.82. The molecule has 0 aliphatic rings. The smallest absolute Gasteiger partial charge is 0.192 e.